The summed E-state index contributed by atoms with van der Waals surface area (Å²) in [4.78, 5) is 4.59. The molecule has 2 unspecified atom stereocenters. The van der Waals surface area contributed by atoms with E-state index in [0.717, 1.165) is 0 Å². The van der Waals surface area contributed by atoms with E-state index in [1.54, 1.807) is 0 Å². The normalized spacial score (nSPS) is 24.3. The predicted octanol–water partition coefficient (Wildman–Crippen LogP) is 5.66. The second-order valence-electron chi connectivity index (χ2n) is 10.5. The zero-order valence-corrected chi connectivity index (χ0v) is 22.8. The summed E-state index contributed by atoms with van der Waals surface area (Å²) in [6.45, 7) is 16.5. The van der Waals surface area contributed by atoms with Crippen LogP contribution in [0.25, 0.3) is 0 Å². The van der Waals surface area contributed by atoms with Gasteiger partial charge in [-0.3, -0.25) is 0 Å². The maximum Gasteiger partial charge on any atom is 0.189 e. The number of nitrogens with zero attached hydrogens (tertiary/aromatic N) is 4. The Balaban J connectivity index is 2.88. The largest absolute Gasteiger partial charge is 0.328 e. The van der Waals surface area contributed by atoms with E-state index in [1.165, 1.54) is 58.0 Å². The lowest BCUT2D eigenvalue weighted by Crippen LogP contribution is -2.52. The third-order valence-electron chi connectivity index (χ3n) is 6.04. The number of hydrogen-bond acceptors (Lipinski definition) is 5. The first-order valence-electron chi connectivity index (χ1n) is 12.4. The van der Waals surface area contributed by atoms with Gasteiger partial charge in [-0.2, -0.15) is 0 Å². The second kappa shape index (κ2) is 14.4. The van der Waals surface area contributed by atoms with E-state index in [9.17, 15) is 0 Å². The van der Waals surface area contributed by atoms with Gasteiger partial charge in [0.2, 0.25) is 0 Å². The molecule has 0 spiro atoms. The Bertz CT molecular complexity index is 411. The lowest BCUT2D eigenvalue weighted by atomic mass is 10.1. The van der Waals surface area contributed by atoms with Crippen molar-refractivity contribution in [3.05, 3.63) is 0 Å². The maximum atomic E-state index is 7.08. The van der Waals surface area contributed by atoms with Gasteiger partial charge in [-0.15, -0.1) is 0 Å². The van der Waals surface area contributed by atoms with Gasteiger partial charge in [0.1, 0.15) is 0 Å². The van der Waals surface area contributed by atoms with Crippen LogP contribution in [0.1, 0.15) is 86.5 Å². The fourth-order valence-corrected chi connectivity index (χ4v) is 7.26. The van der Waals surface area contributed by atoms with E-state index < -0.39 is 8.45 Å². The van der Waals surface area contributed by atoms with Gasteiger partial charge in [0.05, 0.1) is 6.10 Å². The highest BCUT2D eigenvalue weighted by molar-refractivity contribution is 7.47. The zero-order valence-electron chi connectivity index (χ0n) is 21.9. The van der Waals surface area contributed by atoms with Crippen LogP contribution in [-0.4, -0.2) is 90.7 Å². The number of hydrogen-bond donors (Lipinski definition) is 0. The molecule has 1 saturated heterocycles. The van der Waals surface area contributed by atoms with E-state index in [1.807, 2.05) is 0 Å². The van der Waals surface area contributed by atoms with Crippen LogP contribution in [0.4, 0.5) is 0 Å². The van der Waals surface area contributed by atoms with Crippen molar-refractivity contribution in [2.24, 2.45) is 0 Å². The highest BCUT2D eigenvalue weighted by Gasteiger charge is 2.42. The average molecular weight is 445 g/mol. The molecule has 0 saturated carbocycles. The van der Waals surface area contributed by atoms with E-state index >= 15 is 0 Å². The third kappa shape index (κ3) is 9.79. The first kappa shape index (κ1) is 28.3. The Morgan fingerprint density at radius 1 is 0.767 bits per heavy atom. The molecule has 0 bridgehead atoms. The SMILES string of the molecule is CC(C)N1C(C)CC(C)N(C(C)C)P1OC(CCCCN(C)C)CCCCN(C)C. The molecule has 0 radical (unpaired) electrons. The van der Waals surface area contributed by atoms with Crippen molar-refractivity contribution < 1.29 is 4.52 Å². The summed E-state index contributed by atoms with van der Waals surface area (Å²) in [6.07, 6.45) is 9.02. The number of rotatable bonds is 14. The van der Waals surface area contributed by atoms with E-state index in [2.05, 4.69) is 88.9 Å². The van der Waals surface area contributed by atoms with Crippen LogP contribution in [0.2, 0.25) is 0 Å². The van der Waals surface area contributed by atoms with Crippen molar-refractivity contribution in [3.63, 3.8) is 0 Å². The molecule has 1 aliphatic rings. The number of unbranched alkanes of at least 4 members (excludes halogenated alkanes) is 2. The Morgan fingerprint density at radius 3 is 1.50 bits per heavy atom. The minimum atomic E-state index is -0.716. The van der Waals surface area contributed by atoms with Crippen molar-refractivity contribution in [2.75, 3.05) is 41.3 Å². The van der Waals surface area contributed by atoms with Gasteiger partial charge in [0, 0.05) is 24.2 Å². The van der Waals surface area contributed by atoms with Crippen LogP contribution in [0.5, 0.6) is 0 Å². The van der Waals surface area contributed by atoms with Gasteiger partial charge in [0.15, 0.2) is 8.45 Å². The van der Waals surface area contributed by atoms with Crippen molar-refractivity contribution in [1.82, 2.24) is 19.1 Å². The Kier molecular flexibility index (Phi) is 13.6. The molecule has 5 nitrogen and oxygen atoms in total. The van der Waals surface area contributed by atoms with Gasteiger partial charge in [-0.05, 0) is 128 Å². The van der Waals surface area contributed by atoms with Crippen molar-refractivity contribution in [1.29, 1.82) is 0 Å². The summed E-state index contributed by atoms with van der Waals surface area (Å²) in [6, 6.07) is 2.21. The van der Waals surface area contributed by atoms with Gasteiger partial charge in [0.25, 0.3) is 0 Å². The third-order valence-corrected chi connectivity index (χ3v) is 9.03. The quantitative estimate of drug-likeness (QED) is 0.254. The predicted molar refractivity (Wildman–Crippen MR) is 134 cm³/mol. The molecule has 180 valence electrons. The molecular weight excluding hydrogens is 391 g/mol. The lowest BCUT2D eigenvalue weighted by Gasteiger charge is -2.53. The van der Waals surface area contributed by atoms with Crippen LogP contribution in [0.3, 0.4) is 0 Å². The maximum absolute atomic E-state index is 7.08. The van der Waals surface area contributed by atoms with Crippen molar-refractivity contribution in [2.45, 2.75) is 117 Å². The highest BCUT2D eigenvalue weighted by Crippen LogP contribution is 2.56. The average Bonchev–Trinajstić information content (AvgIpc) is 2.60. The van der Waals surface area contributed by atoms with Crippen molar-refractivity contribution in [3.8, 4) is 0 Å². The fraction of sp³-hybridized carbons (Fsp3) is 1.00. The minimum Gasteiger partial charge on any atom is -0.328 e. The molecule has 0 amide bonds. The summed E-state index contributed by atoms with van der Waals surface area (Å²) in [5.41, 5.74) is 0. The highest BCUT2D eigenvalue weighted by atomic mass is 31.2. The topological polar surface area (TPSA) is 22.2 Å². The summed E-state index contributed by atoms with van der Waals surface area (Å²) < 4.78 is 12.4. The van der Waals surface area contributed by atoms with Gasteiger partial charge in [-0.1, -0.05) is 0 Å². The van der Waals surface area contributed by atoms with Crippen LogP contribution in [0.15, 0.2) is 0 Å². The molecule has 1 rings (SSSR count). The molecule has 0 N–H and O–H groups in total. The zero-order chi connectivity index (χ0) is 22.8. The molecule has 6 heteroatoms. The van der Waals surface area contributed by atoms with Crippen molar-refractivity contribution >= 4 is 8.45 Å². The van der Waals surface area contributed by atoms with E-state index in [0.29, 0.717) is 30.3 Å². The van der Waals surface area contributed by atoms with E-state index in [-0.39, 0.29) is 0 Å². The lowest BCUT2D eigenvalue weighted by molar-refractivity contribution is 0.0887. The van der Waals surface area contributed by atoms with E-state index in [4.69, 9.17) is 4.52 Å². The second-order valence-corrected chi connectivity index (χ2v) is 12.1. The fourth-order valence-electron chi connectivity index (χ4n) is 4.67. The van der Waals surface area contributed by atoms with Crippen LogP contribution < -0.4 is 0 Å². The van der Waals surface area contributed by atoms with Crippen LogP contribution in [0, 0.1) is 0 Å². The van der Waals surface area contributed by atoms with Crippen LogP contribution in [-0.2, 0) is 4.52 Å². The van der Waals surface area contributed by atoms with Gasteiger partial charge in [-0.25, -0.2) is 9.34 Å². The molecule has 0 aromatic rings. The summed E-state index contributed by atoms with van der Waals surface area (Å²) in [7, 11) is 7.97. The summed E-state index contributed by atoms with van der Waals surface area (Å²) in [5, 5.41) is 0. The molecule has 1 fully saturated rings. The molecule has 1 aliphatic heterocycles. The first-order chi connectivity index (χ1) is 14.0. The summed E-state index contributed by atoms with van der Waals surface area (Å²) >= 11 is 0. The Labute approximate surface area is 190 Å². The first-order valence-corrected chi connectivity index (χ1v) is 13.5. The monoisotopic (exact) mass is 444 g/mol. The standard InChI is InChI=1S/C24H53N4OP/c1-20(2)27-22(5)19-23(6)28(21(3)4)30(27)29-24(15-11-13-17-25(7)8)16-12-14-18-26(9)10/h20-24H,11-19H2,1-10H3. The molecule has 2 atom stereocenters. The molecule has 0 aliphatic carbocycles. The molecule has 30 heavy (non-hydrogen) atoms. The van der Waals surface area contributed by atoms with Crippen LogP contribution >= 0.6 is 8.45 Å². The Morgan fingerprint density at radius 2 is 1.17 bits per heavy atom. The van der Waals surface area contributed by atoms with Gasteiger partial charge < -0.3 is 14.3 Å². The molecular formula is C24H53N4OP. The molecule has 0 aromatic heterocycles. The summed E-state index contributed by atoms with van der Waals surface area (Å²) in [5.74, 6) is 0. The minimum absolute atomic E-state index is 0.375. The Hall–Kier alpha value is 0.230. The van der Waals surface area contributed by atoms with Gasteiger partial charge >= 0.3 is 0 Å². The molecule has 0 aromatic carbocycles. The smallest absolute Gasteiger partial charge is 0.189 e. The molecule has 1 heterocycles.